The van der Waals surface area contributed by atoms with E-state index in [9.17, 15) is 9.59 Å². The zero-order chi connectivity index (χ0) is 23.1. The molecule has 2 N–H and O–H groups in total. The molecule has 5 aliphatic rings. The maximum atomic E-state index is 13.6. The van der Waals surface area contributed by atoms with Gasteiger partial charge in [0.2, 0.25) is 5.91 Å². The standard InChI is InChI=1S/C28H34N4O2/c33-26(30-18-19-4-3-7-29-17-19)24-13-23(5-6-25(24)32-8-1-2-9-32)31-27(34)28-14-20-10-21(15-28)12-22(11-20)16-28/h3-7,13,17,20-22H,1-2,8-12,14-16,18H2,(H,30,33)(H,31,34). The van der Waals surface area contributed by atoms with Crippen LogP contribution in [-0.4, -0.2) is 29.9 Å². The normalized spacial score (nSPS) is 29.3. The molecular weight excluding hydrogens is 424 g/mol. The number of rotatable bonds is 6. The van der Waals surface area contributed by atoms with Gasteiger partial charge in [-0.3, -0.25) is 14.6 Å². The molecule has 2 amide bonds. The number of amides is 2. The molecule has 34 heavy (non-hydrogen) atoms. The number of anilines is 2. The van der Waals surface area contributed by atoms with Crippen molar-refractivity contribution in [3.8, 4) is 0 Å². The van der Waals surface area contributed by atoms with Crippen molar-refractivity contribution in [3.05, 3.63) is 53.9 Å². The van der Waals surface area contributed by atoms with Gasteiger partial charge < -0.3 is 15.5 Å². The summed E-state index contributed by atoms with van der Waals surface area (Å²) in [4.78, 5) is 33.3. The quantitative estimate of drug-likeness (QED) is 0.654. The number of aromatic nitrogens is 1. The first kappa shape index (κ1) is 21.6. The van der Waals surface area contributed by atoms with E-state index >= 15 is 0 Å². The average Bonchev–Trinajstić information content (AvgIpc) is 3.37. The number of carbonyl (C=O) groups excluding carboxylic acids is 2. The molecule has 5 fully saturated rings. The minimum absolute atomic E-state index is 0.114. The van der Waals surface area contributed by atoms with Gasteiger partial charge in [-0.1, -0.05) is 6.07 Å². The maximum Gasteiger partial charge on any atom is 0.253 e. The Balaban J connectivity index is 1.23. The first-order valence-electron chi connectivity index (χ1n) is 13.0. The monoisotopic (exact) mass is 458 g/mol. The molecule has 7 rings (SSSR count). The van der Waals surface area contributed by atoms with Crippen LogP contribution in [0.5, 0.6) is 0 Å². The molecule has 1 saturated heterocycles. The minimum atomic E-state index is -0.203. The summed E-state index contributed by atoms with van der Waals surface area (Å²) in [5.74, 6) is 2.23. The van der Waals surface area contributed by atoms with E-state index in [1.807, 2.05) is 30.3 Å². The smallest absolute Gasteiger partial charge is 0.253 e. The molecule has 4 bridgehead atoms. The van der Waals surface area contributed by atoms with Crippen molar-refractivity contribution in [1.29, 1.82) is 0 Å². The molecule has 178 valence electrons. The van der Waals surface area contributed by atoms with Crippen LogP contribution in [0.2, 0.25) is 0 Å². The van der Waals surface area contributed by atoms with E-state index in [0.29, 0.717) is 12.1 Å². The van der Waals surface area contributed by atoms with Gasteiger partial charge in [-0.15, -0.1) is 0 Å². The van der Waals surface area contributed by atoms with Gasteiger partial charge in [-0.05, 0) is 98.9 Å². The highest BCUT2D eigenvalue weighted by Crippen LogP contribution is 2.60. The van der Waals surface area contributed by atoms with E-state index < -0.39 is 0 Å². The Morgan fingerprint density at radius 1 is 1.00 bits per heavy atom. The SMILES string of the molecule is O=C(NCc1cccnc1)c1cc(NC(=O)C23CC4CC(CC(C4)C2)C3)ccc1N1CCCC1. The van der Waals surface area contributed by atoms with Gasteiger partial charge in [0.15, 0.2) is 0 Å². The van der Waals surface area contributed by atoms with Gasteiger partial charge in [0.25, 0.3) is 5.91 Å². The highest BCUT2D eigenvalue weighted by Gasteiger charge is 2.54. The first-order valence-corrected chi connectivity index (χ1v) is 13.0. The van der Waals surface area contributed by atoms with Crippen LogP contribution in [0.3, 0.4) is 0 Å². The fourth-order valence-corrected chi connectivity index (χ4v) is 7.46. The van der Waals surface area contributed by atoms with Gasteiger partial charge in [-0.2, -0.15) is 0 Å². The van der Waals surface area contributed by atoms with Crippen LogP contribution in [-0.2, 0) is 11.3 Å². The molecule has 2 heterocycles. The summed E-state index contributed by atoms with van der Waals surface area (Å²) in [7, 11) is 0. The zero-order valence-corrected chi connectivity index (χ0v) is 19.8. The van der Waals surface area contributed by atoms with E-state index in [0.717, 1.165) is 79.9 Å². The summed E-state index contributed by atoms with van der Waals surface area (Å²) < 4.78 is 0. The third-order valence-corrected chi connectivity index (χ3v) is 8.64. The molecule has 0 unspecified atom stereocenters. The lowest BCUT2D eigenvalue weighted by atomic mass is 9.49. The van der Waals surface area contributed by atoms with Crippen molar-refractivity contribution in [2.75, 3.05) is 23.3 Å². The fraction of sp³-hybridized carbons (Fsp3) is 0.536. The van der Waals surface area contributed by atoms with E-state index in [1.54, 1.807) is 12.4 Å². The molecule has 4 saturated carbocycles. The summed E-state index contributed by atoms with van der Waals surface area (Å²) >= 11 is 0. The topological polar surface area (TPSA) is 74.3 Å². The van der Waals surface area contributed by atoms with Crippen LogP contribution in [0.25, 0.3) is 0 Å². The van der Waals surface area contributed by atoms with Gasteiger partial charge in [0.1, 0.15) is 0 Å². The molecule has 0 spiro atoms. The number of carbonyl (C=O) groups is 2. The number of nitrogens with zero attached hydrogens (tertiary/aromatic N) is 2. The first-order chi connectivity index (χ1) is 16.6. The third-order valence-electron chi connectivity index (χ3n) is 8.64. The molecule has 6 heteroatoms. The molecule has 0 atom stereocenters. The van der Waals surface area contributed by atoms with E-state index in [4.69, 9.17) is 0 Å². The van der Waals surface area contributed by atoms with Crippen LogP contribution in [0.15, 0.2) is 42.7 Å². The largest absolute Gasteiger partial charge is 0.371 e. The van der Waals surface area contributed by atoms with Crippen LogP contribution in [0, 0.1) is 23.2 Å². The second kappa shape index (κ2) is 8.71. The second-order valence-corrected chi connectivity index (χ2v) is 11.1. The fourth-order valence-electron chi connectivity index (χ4n) is 7.46. The highest BCUT2D eigenvalue weighted by molar-refractivity contribution is 6.02. The molecule has 2 aromatic rings. The summed E-state index contributed by atoms with van der Waals surface area (Å²) in [6.07, 6.45) is 12.8. The number of pyridine rings is 1. The van der Waals surface area contributed by atoms with Crippen molar-refractivity contribution in [2.45, 2.75) is 57.9 Å². The van der Waals surface area contributed by atoms with Gasteiger partial charge >= 0.3 is 0 Å². The molecule has 4 aliphatic carbocycles. The lowest BCUT2D eigenvalue weighted by molar-refractivity contribution is -0.140. The van der Waals surface area contributed by atoms with Gasteiger partial charge in [0, 0.05) is 43.4 Å². The van der Waals surface area contributed by atoms with E-state index in [-0.39, 0.29) is 17.2 Å². The summed E-state index contributed by atoms with van der Waals surface area (Å²) in [6, 6.07) is 9.70. The molecule has 1 aliphatic heterocycles. The van der Waals surface area contributed by atoms with E-state index in [1.165, 1.54) is 19.3 Å². The average molecular weight is 459 g/mol. The number of nitrogens with one attached hydrogen (secondary N) is 2. The lowest BCUT2D eigenvalue weighted by Crippen LogP contribution is -2.51. The molecular formula is C28H34N4O2. The van der Waals surface area contributed by atoms with Crippen LogP contribution in [0.1, 0.15) is 67.3 Å². The van der Waals surface area contributed by atoms with Crippen molar-refractivity contribution >= 4 is 23.2 Å². The number of hydrogen-bond acceptors (Lipinski definition) is 4. The zero-order valence-electron chi connectivity index (χ0n) is 19.8. The third kappa shape index (κ3) is 4.08. The second-order valence-electron chi connectivity index (χ2n) is 11.1. The molecule has 1 aromatic heterocycles. The van der Waals surface area contributed by atoms with Crippen LogP contribution < -0.4 is 15.5 Å². The Morgan fingerprint density at radius 3 is 2.35 bits per heavy atom. The summed E-state index contributed by atoms with van der Waals surface area (Å²) in [5, 5.41) is 6.29. The Morgan fingerprint density at radius 2 is 1.71 bits per heavy atom. The molecule has 1 aromatic carbocycles. The van der Waals surface area contributed by atoms with Crippen LogP contribution in [0.4, 0.5) is 11.4 Å². The van der Waals surface area contributed by atoms with E-state index in [2.05, 4.69) is 20.5 Å². The van der Waals surface area contributed by atoms with Crippen molar-refractivity contribution in [3.63, 3.8) is 0 Å². The number of hydrogen-bond donors (Lipinski definition) is 2. The lowest BCUT2D eigenvalue weighted by Gasteiger charge is -2.55. The van der Waals surface area contributed by atoms with Crippen molar-refractivity contribution < 1.29 is 9.59 Å². The van der Waals surface area contributed by atoms with Crippen molar-refractivity contribution in [2.24, 2.45) is 23.2 Å². The summed E-state index contributed by atoms with van der Waals surface area (Å²) in [6.45, 7) is 2.35. The Kier molecular flexibility index (Phi) is 5.54. The molecule has 0 radical (unpaired) electrons. The predicted octanol–water partition coefficient (Wildman–Crippen LogP) is 4.77. The van der Waals surface area contributed by atoms with Crippen LogP contribution >= 0.6 is 0 Å². The van der Waals surface area contributed by atoms with Crippen molar-refractivity contribution in [1.82, 2.24) is 10.3 Å². The Bertz CT molecular complexity index is 1040. The minimum Gasteiger partial charge on any atom is -0.371 e. The highest BCUT2D eigenvalue weighted by atomic mass is 16.2. The Labute approximate surface area is 201 Å². The maximum absolute atomic E-state index is 13.6. The van der Waals surface area contributed by atoms with Gasteiger partial charge in [-0.25, -0.2) is 0 Å². The van der Waals surface area contributed by atoms with Gasteiger partial charge in [0.05, 0.1) is 11.0 Å². The Hall–Kier alpha value is -2.89. The number of benzene rings is 1. The summed E-state index contributed by atoms with van der Waals surface area (Å²) in [5.41, 5.74) is 3.08. The molecule has 6 nitrogen and oxygen atoms in total. The predicted molar refractivity (Wildman–Crippen MR) is 133 cm³/mol.